The molecule has 0 amide bonds. The molecule has 0 heterocycles. The van der Waals surface area contributed by atoms with Gasteiger partial charge in [-0.15, -0.1) is 0 Å². The second-order valence-corrected chi connectivity index (χ2v) is 13.6. The maximum Gasteiger partial charge on any atom is 0.271 e. The van der Waals surface area contributed by atoms with Gasteiger partial charge >= 0.3 is 0 Å². The normalized spacial score (nSPS) is 9.95. The number of aldehydes is 1. The van der Waals surface area contributed by atoms with Crippen LogP contribution in [0.1, 0.15) is 44.4 Å². The molecule has 0 N–H and O–H groups in total. The Morgan fingerprint density at radius 3 is 1.50 bits per heavy atom. The zero-order valence-corrected chi connectivity index (χ0v) is 39.0. The number of anilines is 1. The van der Waals surface area contributed by atoms with Gasteiger partial charge in [0, 0.05) is 44.0 Å². The predicted octanol–water partition coefficient (Wildman–Crippen LogP) is 14.3. The molecule has 0 atom stereocenters. The molecule has 0 aliphatic rings. The topological polar surface area (TPSA) is 159 Å². The van der Waals surface area contributed by atoms with Crippen LogP contribution in [0.3, 0.4) is 0 Å². The number of nitro groups is 2. The van der Waals surface area contributed by atoms with Crippen molar-refractivity contribution in [2.24, 2.45) is 0 Å². The average Bonchev–Trinajstić information content (AvgIpc) is 3.19. The number of benzene rings is 4. The second-order valence-electron chi connectivity index (χ2n) is 11.0. The lowest BCUT2D eigenvalue weighted by Gasteiger charge is -2.15. The molecular formula is C42H47Cl6N3O9. The highest BCUT2D eigenvalue weighted by atomic mass is 35.5. The van der Waals surface area contributed by atoms with Crippen LogP contribution in [0.4, 0.5) is 17.1 Å². The van der Waals surface area contributed by atoms with Crippen molar-refractivity contribution in [1.82, 2.24) is 0 Å². The Balaban J connectivity index is -0.000000762. The van der Waals surface area contributed by atoms with E-state index in [1.807, 2.05) is 34.3 Å². The highest BCUT2D eigenvalue weighted by Gasteiger charge is 2.16. The Kier molecular flexibility index (Phi) is 32.5. The van der Waals surface area contributed by atoms with E-state index < -0.39 is 9.85 Å². The smallest absolute Gasteiger partial charge is 0.271 e. The third-order valence-electron chi connectivity index (χ3n) is 6.45. The molecule has 0 radical (unpaired) electrons. The summed E-state index contributed by atoms with van der Waals surface area (Å²) in [6.07, 6.45) is 3.73. The Bertz CT molecular complexity index is 2050. The summed E-state index contributed by atoms with van der Waals surface area (Å²) in [5.41, 5.74) is 4.60. The van der Waals surface area contributed by atoms with E-state index in [-0.39, 0.29) is 49.5 Å². The van der Waals surface area contributed by atoms with Gasteiger partial charge in [-0.05, 0) is 82.2 Å². The summed E-state index contributed by atoms with van der Waals surface area (Å²) in [5, 5.41) is 22.7. The molecule has 18 heteroatoms. The molecule has 0 unspecified atom stereocenters. The summed E-state index contributed by atoms with van der Waals surface area (Å²) in [6, 6.07) is 17.6. The molecule has 0 aliphatic heterocycles. The fourth-order valence-electron chi connectivity index (χ4n) is 4.15. The van der Waals surface area contributed by atoms with E-state index in [4.69, 9.17) is 93.5 Å². The summed E-state index contributed by atoms with van der Waals surface area (Å²) < 4.78 is 11.0. The first-order valence-corrected chi connectivity index (χ1v) is 19.3. The Labute approximate surface area is 381 Å². The lowest BCUT2D eigenvalue weighted by molar-refractivity contribution is -0.385. The third-order valence-corrected chi connectivity index (χ3v) is 8.07. The van der Waals surface area contributed by atoms with Crippen LogP contribution >= 0.6 is 69.6 Å². The van der Waals surface area contributed by atoms with Crippen LogP contribution in [0, 0.1) is 41.0 Å². The van der Waals surface area contributed by atoms with Gasteiger partial charge in [-0.2, -0.15) is 0 Å². The zero-order chi connectivity index (χ0) is 47.3. The van der Waals surface area contributed by atoms with Gasteiger partial charge in [-0.25, -0.2) is 0 Å². The van der Waals surface area contributed by atoms with Gasteiger partial charge in [0.1, 0.15) is 31.4 Å². The van der Waals surface area contributed by atoms with Crippen LogP contribution in [-0.4, -0.2) is 43.8 Å². The molecule has 0 fully saturated rings. The lowest BCUT2D eigenvalue weighted by atomic mass is 10.1. The number of hydrogen-bond acceptors (Lipinski definition) is 10. The fraction of sp³-hybridized carbons (Fsp3) is 0.214. The van der Waals surface area contributed by atoms with E-state index >= 15 is 0 Å². The first-order chi connectivity index (χ1) is 28.3. The Morgan fingerprint density at radius 2 is 1.15 bits per heavy atom. The van der Waals surface area contributed by atoms with Gasteiger partial charge in [0.2, 0.25) is 0 Å². The van der Waals surface area contributed by atoms with Crippen LogP contribution < -0.4 is 14.4 Å². The van der Waals surface area contributed by atoms with E-state index in [1.165, 1.54) is 72.3 Å². The van der Waals surface area contributed by atoms with Gasteiger partial charge in [0.05, 0.1) is 40.0 Å². The van der Waals surface area contributed by atoms with Gasteiger partial charge in [0.15, 0.2) is 11.5 Å². The maximum atomic E-state index is 10.6. The van der Waals surface area contributed by atoms with Crippen molar-refractivity contribution in [3.8, 4) is 17.2 Å². The number of nitro benzene ring substituents is 2. The first-order valence-electron chi connectivity index (χ1n) is 17.0. The van der Waals surface area contributed by atoms with Crippen molar-refractivity contribution in [2.75, 3.05) is 19.0 Å². The minimum Gasteiger partial charge on any atom is -0.453 e. The van der Waals surface area contributed by atoms with Gasteiger partial charge in [0.25, 0.3) is 11.4 Å². The van der Waals surface area contributed by atoms with Gasteiger partial charge < -0.3 is 28.8 Å². The van der Waals surface area contributed by atoms with Crippen molar-refractivity contribution in [2.45, 2.75) is 48.5 Å². The zero-order valence-electron chi connectivity index (χ0n) is 34.5. The van der Waals surface area contributed by atoms with E-state index in [1.54, 1.807) is 19.1 Å². The molecule has 0 aromatic heterocycles. The quantitative estimate of drug-likeness (QED) is 0.0519. The summed E-state index contributed by atoms with van der Waals surface area (Å²) in [7, 11) is 4.13. The van der Waals surface area contributed by atoms with E-state index in [0.717, 1.165) is 11.8 Å². The molecule has 326 valence electrons. The van der Waals surface area contributed by atoms with Crippen LogP contribution in [0.2, 0.25) is 20.1 Å². The summed E-state index contributed by atoms with van der Waals surface area (Å²) >= 11 is 35.9. The van der Waals surface area contributed by atoms with E-state index in [9.17, 15) is 20.2 Å². The lowest BCUT2D eigenvalue weighted by Crippen LogP contribution is -2.09. The van der Waals surface area contributed by atoms with Crippen molar-refractivity contribution < 1.29 is 33.7 Å². The number of carbonyl (C=O) groups is 3. The average molecular weight is 951 g/mol. The van der Waals surface area contributed by atoms with Crippen LogP contribution in [-0.2, 0) is 14.4 Å². The number of non-ortho nitro benzene ring substituents is 2. The standard InChI is InChI=1S/C13H8Cl3NO3.C13H10Cl3NO3.C10H15N.C2H4O.C2H6.2CH2O/c1-7-4-10(15)13(11(16)5-7)20-12-3-2-8(17(18)19)6-9(12)14;1-3-4-10(15)13(8(2)14)20-12-6-5-9(17(18)19)7-11(12)16;1-8-5-6-10(11(3)4)9(2)7-8;1-2-3;3*1-2/h2-6H,1H3;3-7H,1H2,2H3;5-7H,1-4H3;2H,1H3;1-2H3;2*1H2/b;10-4+,13-8-;;;;;. The molecule has 12 nitrogen and oxygen atoms in total. The monoisotopic (exact) mass is 947 g/mol. The van der Waals surface area contributed by atoms with Gasteiger partial charge in [-0.3, -0.25) is 20.2 Å². The first kappa shape index (κ1) is 59.4. The number of nitrogens with zero attached hydrogens (tertiary/aromatic N) is 3. The largest absolute Gasteiger partial charge is 0.453 e. The highest BCUT2D eigenvalue weighted by molar-refractivity contribution is 6.37. The summed E-state index contributed by atoms with van der Waals surface area (Å²) in [6.45, 7) is 20.7. The fourth-order valence-corrected chi connectivity index (χ4v) is 5.70. The minimum absolute atomic E-state index is 0.0812. The summed E-state index contributed by atoms with van der Waals surface area (Å²) in [4.78, 5) is 47.1. The minimum atomic E-state index is -0.552. The number of ether oxygens (including phenoxy) is 2. The molecule has 0 saturated carbocycles. The van der Waals surface area contributed by atoms with Gasteiger partial charge in [-0.1, -0.05) is 114 Å². The SMILES string of the molecule is C=C/C=C(Cl)\C(Oc1ccc([N+](=O)[O-])cc1Cl)=C(/C)Cl.C=O.C=O.CC.CC=O.Cc1cc(Cl)c(Oc2ccc([N+](=O)[O-])cc2Cl)c(Cl)c1.Cc1ccc(N(C)C)c(C)c1. The molecule has 0 bridgehead atoms. The van der Waals surface area contributed by atoms with Crippen molar-refractivity contribution in [1.29, 1.82) is 0 Å². The molecule has 0 saturated heterocycles. The summed E-state index contributed by atoms with van der Waals surface area (Å²) in [5.74, 6) is 0.909. The third kappa shape index (κ3) is 21.9. The van der Waals surface area contributed by atoms with Crippen LogP contribution in [0.25, 0.3) is 0 Å². The number of carbonyl (C=O) groups excluding carboxylic acids is 3. The number of rotatable bonds is 9. The van der Waals surface area contributed by atoms with Crippen molar-refractivity contribution in [3.05, 3.63) is 158 Å². The van der Waals surface area contributed by atoms with E-state index in [0.29, 0.717) is 15.1 Å². The maximum absolute atomic E-state index is 10.6. The van der Waals surface area contributed by atoms with Crippen molar-refractivity contribution in [3.63, 3.8) is 0 Å². The predicted molar refractivity (Wildman–Crippen MR) is 248 cm³/mol. The Morgan fingerprint density at radius 1 is 0.717 bits per heavy atom. The number of allylic oxidation sites excluding steroid dienone is 4. The number of halogens is 6. The molecule has 4 rings (SSSR count). The number of hydrogen-bond donors (Lipinski definition) is 0. The molecular weight excluding hydrogens is 903 g/mol. The molecule has 60 heavy (non-hydrogen) atoms. The molecule has 4 aromatic carbocycles. The highest BCUT2D eigenvalue weighted by Crippen LogP contribution is 2.40. The molecule has 0 aliphatic carbocycles. The Hall–Kier alpha value is -4.95. The second kappa shape index (κ2) is 32.8. The van der Waals surface area contributed by atoms with Crippen LogP contribution in [0.5, 0.6) is 17.2 Å². The van der Waals surface area contributed by atoms with Crippen LogP contribution in [0.15, 0.2) is 101 Å². The van der Waals surface area contributed by atoms with E-state index in [2.05, 4.69) is 57.6 Å². The molecule has 0 spiro atoms. The molecule has 4 aromatic rings. The van der Waals surface area contributed by atoms with Crippen molar-refractivity contribution >= 4 is 107 Å². The number of aryl methyl sites for hydroxylation is 3.